The number of carbonyl (C=O) groups is 1. The van der Waals surface area contributed by atoms with E-state index in [0.717, 1.165) is 19.3 Å². The predicted molar refractivity (Wildman–Crippen MR) is 134 cm³/mol. The van der Waals surface area contributed by atoms with E-state index in [-0.39, 0.29) is 6.42 Å². The average molecular weight is 499 g/mol. The summed E-state index contributed by atoms with van der Waals surface area (Å²) < 4.78 is 6.33. The Morgan fingerprint density at radius 3 is 1.74 bits per heavy atom. The van der Waals surface area contributed by atoms with Crippen molar-refractivity contribution in [3.63, 3.8) is 0 Å². The summed E-state index contributed by atoms with van der Waals surface area (Å²) in [6.45, 7) is 9.20. The largest absolute Gasteiger partial charge is 0.481 e. The summed E-state index contributed by atoms with van der Waals surface area (Å²) in [5, 5.41) is 53.9. The number of rotatable bonds is 16. The SMILES string of the molecule is CCCCCCCCCCCCCC(CC(=O)O)C12O[C@H]([C@]3(O)C(O)C3(C)C)[C@H](O)[C@]1(O)C2(C)C. The molecule has 3 aliphatic rings. The molecule has 1 heterocycles. The summed E-state index contributed by atoms with van der Waals surface area (Å²) in [6.07, 6.45) is 9.87. The molecule has 0 amide bonds. The van der Waals surface area contributed by atoms with Crippen LogP contribution in [0.3, 0.4) is 0 Å². The highest BCUT2D eigenvalue weighted by atomic mass is 16.6. The van der Waals surface area contributed by atoms with Crippen LogP contribution < -0.4 is 0 Å². The van der Waals surface area contributed by atoms with Gasteiger partial charge < -0.3 is 30.3 Å². The van der Waals surface area contributed by atoms with Gasteiger partial charge in [-0.05, 0) is 6.42 Å². The molecule has 0 radical (unpaired) electrons. The zero-order chi connectivity index (χ0) is 26.3. The topological polar surface area (TPSA) is 127 Å². The maximum Gasteiger partial charge on any atom is 0.303 e. The first-order valence-electron chi connectivity index (χ1n) is 14.0. The van der Waals surface area contributed by atoms with Gasteiger partial charge in [0.15, 0.2) is 0 Å². The highest BCUT2D eigenvalue weighted by molar-refractivity contribution is 5.68. The van der Waals surface area contributed by atoms with Gasteiger partial charge in [0.05, 0.1) is 12.5 Å². The van der Waals surface area contributed by atoms with E-state index in [1.54, 1.807) is 27.7 Å². The van der Waals surface area contributed by atoms with Gasteiger partial charge in [-0.1, -0.05) is 105 Å². The van der Waals surface area contributed by atoms with Crippen molar-refractivity contribution in [2.24, 2.45) is 16.7 Å². The first-order chi connectivity index (χ1) is 16.3. The van der Waals surface area contributed by atoms with Crippen LogP contribution in [0.15, 0.2) is 0 Å². The normalized spacial score (nSPS) is 39.3. The molecule has 0 aromatic heterocycles. The number of fused-ring (bicyclic) bond motifs is 1. The van der Waals surface area contributed by atoms with Crippen molar-refractivity contribution in [2.45, 2.75) is 153 Å². The molecule has 35 heavy (non-hydrogen) atoms. The molecule has 3 rings (SSSR count). The number of unbranched alkanes of at least 4 members (excludes halogenated alkanes) is 10. The Kier molecular flexibility index (Phi) is 8.41. The first-order valence-corrected chi connectivity index (χ1v) is 14.0. The van der Waals surface area contributed by atoms with Crippen molar-refractivity contribution in [1.29, 1.82) is 0 Å². The van der Waals surface area contributed by atoms with Crippen LogP contribution in [0, 0.1) is 16.7 Å². The lowest BCUT2D eigenvalue weighted by atomic mass is 9.85. The van der Waals surface area contributed by atoms with Crippen LogP contribution in [0.4, 0.5) is 0 Å². The van der Waals surface area contributed by atoms with E-state index in [9.17, 15) is 30.3 Å². The Labute approximate surface area is 211 Å². The molecule has 7 atom stereocenters. The molecule has 0 aromatic carbocycles. The van der Waals surface area contributed by atoms with Crippen LogP contribution in [-0.4, -0.2) is 66.6 Å². The van der Waals surface area contributed by atoms with Gasteiger partial charge in [0, 0.05) is 16.7 Å². The fourth-order valence-corrected chi connectivity index (χ4v) is 7.42. The summed E-state index contributed by atoms with van der Waals surface area (Å²) in [5.41, 5.74) is -6.36. The zero-order valence-corrected chi connectivity index (χ0v) is 22.6. The van der Waals surface area contributed by atoms with Crippen molar-refractivity contribution in [2.75, 3.05) is 0 Å². The molecule has 0 spiro atoms. The maximum atomic E-state index is 11.8. The number of carboxylic acids is 1. The van der Waals surface area contributed by atoms with Crippen molar-refractivity contribution >= 4 is 5.97 Å². The van der Waals surface area contributed by atoms with E-state index in [1.165, 1.54) is 51.4 Å². The molecule has 3 fully saturated rings. The van der Waals surface area contributed by atoms with Crippen LogP contribution in [-0.2, 0) is 9.53 Å². The van der Waals surface area contributed by atoms with E-state index >= 15 is 0 Å². The van der Waals surface area contributed by atoms with Crippen molar-refractivity contribution < 1.29 is 35.1 Å². The number of carboxylic acid groups (broad SMARTS) is 1. The van der Waals surface area contributed by atoms with Gasteiger partial charge in [-0.15, -0.1) is 0 Å². The van der Waals surface area contributed by atoms with E-state index in [1.807, 2.05) is 0 Å². The van der Waals surface area contributed by atoms with Crippen molar-refractivity contribution in [3.8, 4) is 0 Å². The molecule has 0 aromatic rings. The van der Waals surface area contributed by atoms with E-state index in [0.29, 0.717) is 6.42 Å². The molecule has 7 nitrogen and oxygen atoms in total. The minimum atomic E-state index is -1.68. The second kappa shape index (κ2) is 10.2. The van der Waals surface area contributed by atoms with E-state index < -0.39 is 57.8 Å². The lowest BCUT2D eigenvalue weighted by molar-refractivity contribution is -0.164. The number of hydrogen-bond acceptors (Lipinski definition) is 6. The number of aliphatic carboxylic acids is 1. The van der Waals surface area contributed by atoms with Crippen LogP contribution in [0.2, 0.25) is 0 Å². The number of hydrogen-bond donors (Lipinski definition) is 5. The highest BCUT2D eigenvalue weighted by Gasteiger charge is 2.96. The molecule has 1 saturated heterocycles. The predicted octanol–water partition coefficient (Wildman–Crippen LogP) is 4.18. The zero-order valence-electron chi connectivity index (χ0n) is 22.6. The number of aliphatic hydroxyl groups is 4. The summed E-state index contributed by atoms with van der Waals surface area (Å²) in [4.78, 5) is 11.8. The number of ether oxygens (including phenoxy) is 1. The van der Waals surface area contributed by atoms with Gasteiger partial charge in [-0.3, -0.25) is 4.79 Å². The van der Waals surface area contributed by atoms with Crippen LogP contribution in [0.5, 0.6) is 0 Å². The molecule has 0 bridgehead atoms. The van der Waals surface area contributed by atoms with E-state index in [4.69, 9.17) is 4.74 Å². The molecule has 2 aliphatic carbocycles. The number of aliphatic hydroxyl groups excluding tert-OH is 2. The monoisotopic (exact) mass is 498 g/mol. The standard InChI is InChI=1S/C28H50O7/c1-6-7-8-9-10-11-12-13-14-15-16-17-19(18-20(29)30)28-25(4,5)27(28,34)21(31)22(35-28)26(33)23(32)24(26,2)3/h19,21-23,31-34H,6-18H2,1-5H3,(H,29,30)/t19?,21-,22-,23?,26-,27-,28?/m0/s1. The molecule has 3 unspecified atom stereocenters. The van der Waals surface area contributed by atoms with Gasteiger partial charge in [0.1, 0.15) is 29.0 Å². The molecule has 204 valence electrons. The quantitative estimate of drug-likeness (QED) is 0.202. The van der Waals surface area contributed by atoms with Gasteiger partial charge in [0.25, 0.3) is 0 Å². The third-order valence-electron chi connectivity index (χ3n) is 10.0. The van der Waals surface area contributed by atoms with Crippen molar-refractivity contribution in [1.82, 2.24) is 0 Å². The third-order valence-corrected chi connectivity index (χ3v) is 10.0. The third kappa shape index (κ3) is 4.27. The van der Waals surface area contributed by atoms with Gasteiger partial charge in [-0.2, -0.15) is 0 Å². The summed E-state index contributed by atoms with van der Waals surface area (Å²) in [5.74, 6) is -1.47. The fraction of sp³-hybridized carbons (Fsp3) is 0.964. The van der Waals surface area contributed by atoms with Gasteiger partial charge >= 0.3 is 5.97 Å². The maximum absolute atomic E-state index is 11.8. The highest BCUT2D eigenvalue weighted by Crippen LogP contribution is 2.79. The second-order valence-electron chi connectivity index (χ2n) is 12.7. The molecule has 7 heteroatoms. The van der Waals surface area contributed by atoms with Crippen LogP contribution >= 0.6 is 0 Å². The van der Waals surface area contributed by atoms with Gasteiger partial charge in [-0.25, -0.2) is 0 Å². The lowest BCUT2D eigenvalue weighted by Crippen LogP contribution is -2.49. The summed E-state index contributed by atoms with van der Waals surface area (Å²) in [7, 11) is 0. The Morgan fingerprint density at radius 1 is 0.857 bits per heavy atom. The van der Waals surface area contributed by atoms with Crippen molar-refractivity contribution in [3.05, 3.63) is 0 Å². The Hall–Kier alpha value is -0.730. The fourth-order valence-electron chi connectivity index (χ4n) is 7.42. The molecule has 1 aliphatic heterocycles. The molecular formula is C28H50O7. The smallest absolute Gasteiger partial charge is 0.303 e. The molecule has 2 saturated carbocycles. The van der Waals surface area contributed by atoms with Crippen LogP contribution in [0.1, 0.15) is 118 Å². The Balaban J connectivity index is 1.57. The van der Waals surface area contributed by atoms with Gasteiger partial charge in [0.2, 0.25) is 0 Å². The minimum absolute atomic E-state index is 0.173. The molecule has 5 N–H and O–H groups in total. The Morgan fingerprint density at radius 2 is 1.31 bits per heavy atom. The lowest BCUT2D eigenvalue weighted by Gasteiger charge is -2.34. The Bertz CT molecular complexity index is 752. The van der Waals surface area contributed by atoms with Crippen LogP contribution in [0.25, 0.3) is 0 Å². The summed E-state index contributed by atoms with van der Waals surface area (Å²) >= 11 is 0. The minimum Gasteiger partial charge on any atom is -0.481 e. The van der Waals surface area contributed by atoms with E-state index in [2.05, 4.69) is 6.92 Å². The summed E-state index contributed by atoms with van der Waals surface area (Å²) in [6, 6.07) is 0. The average Bonchev–Trinajstić information content (AvgIpc) is 3.28. The molecular weight excluding hydrogens is 448 g/mol. The first kappa shape index (κ1) is 28.8. The second-order valence-corrected chi connectivity index (χ2v) is 12.7.